The van der Waals surface area contributed by atoms with Gasteiger partial charge in [0.15, 0.2) is 0 Å². The van der Waals surface area contributed by atoms with E-state index in [9.17, 15) is 9.90 Å². The van der Waals surface area contributed by atoms with Crippen LogP contribution < -0.4 is 5.32 Å². The summed E-state index contributed by atoms with van der Waals surface area (Å²) in [6.07, 6.45) is 1.55. The lowest BCUT2D eigenvalue weighted by Crippen LogP contribution is -2.63. The number of benzene rings is 2. The largest absolute Gasteiger partial charge is 0.449 e. The van der Waals surface area contributed by atoms with Gasteiger partial charge in [0.05, 0.1) is 12.1 Å². The van der Waals surface area contributed by atoms with Crippen LogP contribution in [-0.2, 0) is 4.74 Å². The van der Waals surface area contributed by atoms with Crippen LogP contribution in [0.15, 0.2) is 48.5 Å². The summed E-state index contributed by atoms with van der Waals surface area (Å²) in [6.45, 7) is 3.30. The van der Waals surface area contributed by atoms with Crippen molar-refractivity contribution in [2.75, 3.05) is 32.8 Å². The molecule has 0 aromatic heterocycles. The van der Waals surface area contributed by atoms with E-state index < -0.39 is 11.7 Å². The third-order valence-electron chi connectivity index (χ3n) is 6.73. The number of aliphatic hydroxyl groups is 1. The molecule has 2 aromatic rings. The second kappa shape index (κ2) is 6.90. The van der Waals surface area contributed by atoms with Crippen LogP contribution in [0.5, 0.6) is 0 Å². The predicted molar refractivity (Wildman–Crippen MR) is 107 cm³/mol. The van der Waals surface area contributed by atoms with E-state index in [0.29, 0.717) is 13.2 Å². The average molecular weight is 378 g/mol. The highest BCUT2D eigenvalue weighted by Crippen LogP contribution is 2.44. The molecule has 4 aliphatic rings. The molecule has 5 heteroatoms. The van der Waals surface area contributed by atoms with Crippen LogP contribution >= 0.6 is 0 Å². The molecule has 1 amide bonds. The summed E-state index contributed by atoms with van der Waals surface area (Å²) in [5.41, 5.74) is 4.00. The summed E-state index contributed by atoms with van der Waals surface area (Å²) in [5.74, 6) is 0.324. The quantitative estimate of drug-likeness (QED) is 0.859. The van der Waals surface area contributed by atoms with E-state index in [1.165, 1.54) is 22.3 Å². The van der Waals surface area contributed by atoms with Crippen LogP contribution in [0.1, 0.15) is 29.9 Å². The highest BCUT2D eigenvalue weighted by atomic mass is 16.5. The SMILES string of the molecule is O=C(NCC1(O)CN2CCC1CC2)OCC1c2ccccc2-c2ccccc21. The van der Waals surface area contributed by atoms with Crippen molar-refractivity contribution in [1.82, 2.24) is 10.2 Å². The lowest BCUT2D eigenvalue weighted by atomic mass is 9.75. The summed E-state index contributed by atoms with van der Waals surface area (Å²) in [5, 5.41) is 13.8. The maximum absolute atomic E-state index is 12.4. The molecule has 3 saturated heterocycles. The van der Waals surface area contributed by atoms with Gasteiger partial charge in [0.2, 0.25) is 0 Å². The van der Waals surface area contributed by atoms with Gasteiger partial charge in [-0.05, 0) is 54.1 Å². The number of carbonyl (C=O) groups excluding carboxylic acids is 1. The molecular formula is C23H26N2O3. The van der Waals surface area contributed by atoms with Gasteiger partial charge in [-0.15, -0.1) is 0 Å². The second-order valence-electron chi connectivity index (χ2n) is 8.33. The Hall–Kier alpha value is -2.37. The minimum atomic E-state index is -0.831. The van der Waals surface area contributed by atoms with Crippen molar-refractivity contribution >= 4 is 6.09 Å². The minimum absolute atomic E-state index is 0.0537. The topological polar surface area (TPSA) is 61.8 Å². The molecule has 3 aliphatic heterocycles. The van der Waals surface area contributed by atoms with Crippen molar-refractivity contribution in [3.63, 3.8) is 0 Å². The highest BCUT2D eigenvalue weighted by Gasteiger charge is 2.45. The maximum Gasteiger partial charge on any atom is 0.407 e. The monoisotopic (exact) mass is 378 g/mol. The van der Waals surface area contributed by atoms with Gasteiger partial charge in [-0.3, -0.25) is 0 Å². The summed E-state index contributed by atoms with van der Waals surface area (Å²) < 4.78 is 5.58. The predicted octanol–water partition coefficient (Wildman–Crippen LogP) is 2.98. The molecule has 1 aliphatic carbocycles. The van der Waals surface area contributed by atoms with E-state index in [1.54, 1.807) is 0 Å². The zero-order valence-electron chi connectivity index (χ0n) is 15.9. The van der Waals surface area contributed by atoms with Crippen molar-refractivity contribution < 1.29 is 14.6 Å². The number of nitrogens with one attached hydrogen (secondary N) is 1. The first-order valence-electron chi connectivity index (χ1n) is 10.2. The number of alkyl carbamates (subject to hydrolysis) is 1. The van der Waals surface area contributed by atoms with E-state index >= 15 is 0 Å². The van der Waals surface area contributed by atoms with E-state index in [-0.39, 0.29) is 18.4 Å². The van der Waals surface area contributed by atoms with Crippen LogP contribution in [-0.4, -0.2) is 54.5 Å². The Bertz CT molecular complexity index is 845. The van der Waals surface area contributed by atoms with Gasteiger partial charge in [0.25, 0.3) is 0 Å². The summed E-state index contributed by atoms with van der Waals surface area (Å²) in [6, 6.07) is 16.6. The molecule has 2 N–H and O–H groups in total. The molecule has 1 unspecified atom stereocenters. The number of piperidine rings is 3. The first kappa shape index (κ1) is 17.7. The first-order chi connectivity index (χ1) is 13.6. The molecule has 146 valence electrons. The van der Waals surface area contributed by atoms with Crippen LogP contribution in [0, 0.1) is 5.92 Å². The minimum Gasteiger partial charge on any atom is -0.449 e. The van der Waals surface area contributed by atoms with E-state index in [2.05, 4.69) is 34.5 Å². The molecular weight excluding hydrogens is 352 g/mol. The molecule has 28 heavy (non-hydrogen) atoms. The molecule has 2 bridgehead atoms. The lowest BCUT2D eigenvalue weighted by molar-refractivity contribution is -0.108. The second-order valence-corrected chi connectivity index (χ2v) is 8.33. The van der Waals surface area contributed by atoms with Crippen molar-refractivity contribution in [1.29, 1.82) is 0 Å². The van der Waals surface area contributed by atoms with Crippen molar-refractivity contribution in [2.24, 2.45) is 5.92 Å². The van der Waals surface area contributed by atoms with Gasteiger partial charge in [-0.25, -0.2) is 4.79 Å². The van der Waals surface area contributed by atoms with Crippen LogP contribution in [0.25, 0.3) is 11.1 Å². The van der Waals surface area contributed by atoms with Crippen LogP contribution in [0.2, 0.25) is 0 Å². The van der Waals surface area contributed by atoms with Crippen molar-refractivity contribution in [3.05, 3.63) is 59.7 Å². The van der Waals surface area contributed by atoms with Crippen molar-refractivity contribution in [2.45, 2.75) is 24.4 Å². The lowest BCUT2D eigenvalue weighted by Gasteiger charge is -2.50. The zero-order chi connectivity index (χ0) is 19.1. The molecule has 6 rings (SSSR count). The molecule has 0 radical (unpaired) electrons. The summed E-state index contributed by atoms with van der Waals surface area (Å²) in [4.78, 5) is 14.6. The fourth-order valence-electron chi connectivity index (χ4n) is 5.22. The fraction of sp³-hybridized carbons (Fsp3) is 0.435. The normalized spacial score (nSPS) is 27.9. The molecule has 0 spiro atoms. The molecule has 1 atom stereocenters. The van der Waals surface area contributed by atoms with Crippen molar-refractivity contribution in [3.8, 4) is 11.1 Å². The zero-order valence-corrected chi connectivity index (χ0v) is 15.9. The maximum atomic E-state index is 12.4. The van der Waals surface area contributed by atoms with Gasteiger partial charge in [0, 0.05) is 12.5 Å². The number of fused-ring (bicyclic) bond motifs is 6. The Morgan fingerprint density at radius 1 is 1.07 bits per heavy atom. The number of amides is 1. The Balaban J connectivity index is 1.23. The summed E-state index contributed by atoms with van der Waals surface area (Å²) in [7, 11) is 0. The third-order valence-corrected chi connectivity index (χ3v) is 6.73. The Labute approximate surface area is 165 Å². The first-order valence-corrected chi connectivity index (χ1v) is 10.2. The standard InChI is InChI=1S/C23H26N2O3/c26-22(24-14-23(27)15-25-11-9-16(23)10-12-25)28-13-21-19-7-3-1-5-17(19)18-6-2-4-8-20(18)21/h1-8,16,21,27H,9-15H2,(H,24,26). The smallest absolute Gasteiger partial charge is 0.407 e. The van der Waals surface area contributed by atoms with E-state index in [4.69, 9.17) is 4.74 Å². The van der Waals surface area contributed by atoms with E-state index in [0.717, 1.165) is 25.9 Å². The van der Waals surface area contributed by atoms with Gasteiger partial charge < -0.3 is 20.1 Å². The van der Waals surface area contributed by atoms with Gasteiger partial charge in [-0.1, -0.05) is 48.5 Å². The van der Waals surface area contributed by atoms with Gasteiger partial charge in [-0.2, -0.15) is 0 Å². The Kier molecular flexibility index (Phi) is 4.37. The number of rotatable bonds is 4. The number of nitrogens with zero attached hydrogens (tertiary/aromatic N) is 1. The fourth-order valence-corrected chi connectivity index (χ4v) is 5.22. The molecule has 5 nitrogen and oxygen atoms in total. The molecule has 2 aromatic carbocycles. The number of hydrogen-bond acceptors (Lipinski definition) is 4. The number of hydrogen-bond donors (Lipinski definition) is 2. The molecule has 3 heterocycles. The highest BCUT2D eigenvalue weighted by molar-refractivity contribution is 5.79. The number of ether oxygens (including phenoxy) is 1. The Morgan fingerprint density at radius 2 is 1.68 bits per heavy atom. The molecule has 3 fully saturated rings. The van der Waals surface area contributed by atoms with Crippen LogP contribution in [0.4, 0.5) is 4.79 Å². The molecule has 0 saturated carbocycles. The van der Waals surface area contributed by atoms with Gasteiger partial charge in [0.1, 0.15) is 6.61 Å². The Morgan fingerprint density at radius 3 is 2.25 bits per heavy atom. The average Bonchev–Trinajstić information content (AvgIpc) is 3.05. The van der Waals surface area contributed by atoms with Crippen LogP contribution in [0.3, 0.4) is 0 Å². The third kappa shape index (κ3) is 2.99. The number of carbonyl (C=O) groups is 1. The summed E-state index contributed by atoms with van der Waals surface area (Å²) >= 11 is 0. The van der Waals surface area contributed by atoms with Gasteiger partial charge >= 0.3 is 6.09 Å². The van der Waals surface area contributed by atoms with E-state index in [1.807, 2.05) is 24.3 Å².